The number of hydrogen-bond acceptors (Lipinski definition) is 2. The summed E-state index contributed by atoms with van der Waals surface area (Å²) < 4.78 is 0. The predicted octanol–water partition coefficient (Wildman–Crippen LogP) is 11.1. The quantitative estimate of drug-likeness (QED) is 0.219. The molecule has 6 aromatic carbocycles. The summed E-state index contributed by atoms with van der Waals surface area (Å²) in [7, 11) is 0. The minimum atomic E-state index is 0.943. The van der Waals surface area contributed by atoms with Crippen LogP contribution in [0.2, 0.25) is 0 Å². The highest BCUT2D eigenvalue weighted by molar-refractivity contribution is 6.18. The number of anilines is 2. The number of hydrogen-bond donors (Lipinski definition) is 1. The van der Waals surface area contributed by atoms with E-state index in [4.69, 9.17) is 4.99 Å². The maximum atomic E-state index is 4.77. The largest absolute Gasteiger partial charge is 0.354 e. The zero-order valence-corrected chi connectivity index (χ0v) is 22.8. The molecular weight excluding hydrogens is 484 g/mol. The molecule has 0 aliphatic heterocycles. The van der Waals surface area contributed by atoms with Crippen molar-refractivity contribution in [3.63, 3.8) is 0 Å². The van der Waals surface area contributed by atoms with Gasteiger partial charge in [0.2, 0.25) is 0 Å². The van der Waals surface area contributed by atoms with E-state index in [0.717, 1.165) is 29.2 Å². The summed E-state index contributed by atoms with van der Waals surface area (Å²) in [6.07, 6.45) is 0.943. The van der Waals surface area contributed by atoms with Crippen molar-refractivity contribution in [2.45, 2.75) is 20.3 Å². The van der Waals surface area contributed by atoms with Crippen LogP contribution in [0.1, 0.15) is 20.3 Å². The molecule has 1 N–H and O–H groups in total. The lowest BCUT2D eigenvalue weighted by atomic mass is 9.93. The van der Waals surface area contributed by atoms with Crippen LogP contribution < -0.4 is 5.32 Å². The highest BCUT2D eigenvalue weighted by Gasteiger charge is 2.22. The topological polar surface area (TPSA) is 24.4 Å². The van der Waals surface area contributed by atoms with Crippen molar-refractivity contribution < 1.29 is 0 Å². The van der Waals surface area contributed by atoms with Crippen LogP contribution in [0.5, 0.6) is 0 Å². The highest BCUT2D eigenvalue weighted by Crippen LogP contribution is 2.49. The first-order valence-corrected chi connectivity index (χ1v) is 14.0. The van der Waals surface area contributed by atoms with E-state index >= 15 is 0 Å². The molecule has 0 amide bonds. The molecule has 0 heterocycles. The van der Waals surface area contributed by atoms with Crippen LogP contribution in [0.4, 0.5) is 17.1 Å². The number of nitrogens with one attached hydrogen (secondary N) is 1. The second-order valence-electron chi connectivity index (χ2n) is 10.4. The first kappa shape index (κ1) is 24.1. The molecule has 0 unspecified atom stereocenters. The summed E-state index contributed by atoms with van der Waals surface area (Å²) in [5, 5.41) is 6.22. The zero-order valence-electron chi connectivity index (χ0n) is 22.8. The molecule has 1 aliphatic rings. The molecule has 0 radical (unpaired) electrons. The van der Waals surface area contributed by atoms with E-state index in [1.807, 2.05) is 12.1 Å². The second-order valence-corrected chi connectivity index (χ2v) is 10.4. The standard InChI is InChI=1S/C38H30N2/c1-3-25(2)39-36-13-6-7-14-37(36)40-29-21-19-27(20-22-29)26-15-17-28(18-16-26)30-23-24-35-32-10-5-4-9-31(32)34-12-8-11-33(30)38(34)35/h4-24,40H,3H2,1-2H3. The average molecular weight is 515 g/mol. The number of aliphatic imine (C=N–C) groups is 1. The third-order valence-corrected chi connectivity index (χ3v) is 7.97. The lowest BCUT2D eigenvalue weighted by molar-refractivity contribution is 1.25. The fraction of sp³-hybridized carbons (Fsp3) is 0.0789. The predicted molar refractivity (Wildman–Crippen MR) is 172 cm³/mol. The Morgan fingerprint density at radius 3 is 1.85 bits per heavy atom. The Kier molecular flexibility index (Phi) is 6.02. The minimum Gasteiger partial charge on any atom is -0.354 e. The first-order chi connectivity index (χ1) is 19.7. The van der Waals surface area contributed by atoms with Crippen LogP contribution in [-0.4, -0.2) is 5.71 Å². The van der Waals surface area contributed by atoms with Gasteiger partial charge in [0.25, 0.3) is 0 Å². The molecule has 192 valence electrons. The second kappa shape index (κ2) is 9.98. The van der Waals surface area contributed by atoms with Crippen LogP contribution in [0, 0.1) is 0 Å². The Bertz CT molecular complexity index is 1870. The van der Waals surface area contributed by atoms with E-state index in [0.29, 0.717) is 0 Å². The van der Waals surface area contributed by atoms with Crippen molar-refractivity contribution in [1.82, 2.24) is 0 Å². The van der Waals surface area contributed by atoms with Crippen molar-refractivity contribution in [3.8, 4) is 44.5 Å². The summed E-state index contributed by atoms with van der Waals surface area (Å²) in [5.74, 6) is 0. The van der Waals surface area contributed by atoms with Gasteiger partial charge >= 0.3 is 0 Å². The van der Waals surface area contributed by atoms with Gasteiger partial charge < -0.3 is 5.32 Å². The fourth-order valence-electron chi connectivity index (χ4n) is 5.77. The molecule has 0 bridgehead atoms. The van der Waals surface area contributed by atoms with E-state index in [9.17, 15) is 0 Å². The summed E-state index contributed by atoms with van der Waals surface area (Å²) in [6.45, 7) is 4.20. The smallest absolute Gasteiger partial charge is 0.0863 e. The molecular formula is C38H30N2. The number of rotatable bonds is 6. The molecule has 7 rings (SSSR count). The fourth-order valence-corrected chi connectivity index (χ4v) is 5.77. The van der Waals surface area contributed by atoms with Gasteiger partial charge in [0.15, 0.2) is 0 Å². The van der Waals surface area contributed by atoms with Gasteiger partial charge in [-0.25, -0.2) is 0 Å². The van der Waals surface area contributed by atoms with Gasteiger partial charge in [-0.05, 0) is 92.9 Å². The van der Waals surface area contributed by atoms with Crippen molar-refractivity contribution in [3.05, 3.63) is 127 Å². The van der Waals surface area contributed by atoms with E-state index in [1.165, 1.54) is 55.3 Å². The molecule has 0 atom stereocenters. The van der Waals surface area contributed by atoms with Crippen molar-refractivity contribution in [2.75, 3.05) is 5.32 Å². The maximum Gasteiger partial charge on any atom is 0.0863 e. The Labute approximate surface area is 235 Å². The lowest BCUT2D eigenvalue weighted by Gasteiger charge is -2.12. The number of benzene rings is 6. The Hall–Kier alpha value is -4.95. The molecule has 6 aromatic rings. The molecule has 1 aliphatic carbocycles. The van der Waals surface area contributed by atoms with Crippen molar-refractivity contribution >= 4 is 33.5 Å². The molecule has 0 aromatic heterocycles. The maximum absolute atomic E-state index is 4.77. The van der Waals surface area contributed by atoms with Crippen LogP contribution in [0.15, 0.2) is 132 Å². The minimum absolute atomic E-state index is 0.943. The van der Waals surface area contributed by atoms with Gasteiger partial charge in [0.1, 0.15) is 0 Å². The van der Waals surface area contributed by atoms with Gasteiger partial charge in [0.05, 0.1) is 11.4 Å². The molecule has 0 saturated heterocycles. The third kappa shape index (κ3) is 4.19. The van der Waals surface area contributed by atoms with Gasteiger partial charge in [0, 0.05) is 11.4 Å². The van der Waals surface area contributed by atoms with Gasteiger partial charge in [-0.1, -0.05) is 110 Å². The van der Waals surface area contributed by atoms with Crippen molar-refractivity contribution in [1.29, 1.82) is 0 Å². The Balaban J connectivity index is 1.16. The third-order valence-electron chi connectivity index (χ3n) is 7.97. The van der Waals surface area contributed by atoms with E-state index in [1.54, 1.807) is 0 Å². The molecule has 2 nitrogen and oxygen atoms in total. The first-order valence-electron chi connectivity index (χ1n) is 14.0. The van der Waals surface area contributed by atoms with E-state index < -0.39 is 0 Å². The highest BCUT2D eigenvalue weighted by atomic mass is 14.9. The number of fused-ring (bicyclic) bond motifs is 3. The van der Waals surface area contributed by atoms with Gasteiger partial charge in [-0.15, -0.1) is 0 Å². The summed E-state index contributed by atoms with van der Waals surface area (Å²) >= 11 is 0. The molecule has 40 heavy (non-hydrogen) atoms. The SMILES string of the molecule is CCC(C)=Nc1ccccc1Nc1ccc(-c2ccc(-c3ccc4c5c(cccc35)-c3ccccc3-4)cc2)cc1. The number of para-hydroxylation sites is 2. The van der Waals surface area contributed by atoms with Gasteiger partial charge in [-0.2, -0.15) is 0 Å². The Morgan fingerprint density at radius 1 is 0.550 bits per heavy atom. The molecule has 0 saturated carbocycles. The number of nitrogens with zero attached hydrogens (tertiary/aromatic N) is 1. The summed E-state index contributed by atoms with van der Waals surface area (Å²) in [6, 6.07) is 45.8. The van der Waals surface area contributed by atoms with Crippen LogP contribution >= 0.6 is 0 Å². The van der Waals surface area contributed by atoms with Crippen LogP contribution in [0.3, 0.4) is 0 Å². The Morgan fingerprint density at radius 2 is 1.12 bits per heavy atom. The normalized spacial score (nSPS) is 12.0. The monoisotopic (exact) mass is 514 g/mol. The zero-order chi connectivity index (χ0) is 27.1. The summed E-state index contributed by atoms with van der Waals surface area (Å²) in [5.41, 5.74) is 14.4. The van der Waals surface area contributed by atoms with Gasteiger partial charge in [-0.3, -0.25) is 4.99 Å². The lowest BCUT2D eigenvalue weighted by Crippen LogP contribution is -1.92. The summed E-state index contributed by atoms with van der Waals surface area (Å²) in [4.78, 5) is 4.77. The van der Waals surface area contributed by atoms with E-state index in [-0.39, 0.29) is 0 Å². The van der Waals surface area contributed by atoms with Crippen LogP contribution in [0.25, 0.3) is 55.3 Å². The van der Waals surface area contributed by atoms with Crippen molar-refractivity contribution in [2.24, 2.45) is 4.99 Å². The molecule has 0 spiro atoms. The van der Waals surface area contributed by atoms with Crippen LogP contribution in [-0.2, 0) is 0 Å². The molecule has 0 fully saturated rings. The average Bonchev–Trinajstić information content (AvgIpc) is 3.34. The molecule has 2 heteroatoms. The van der Waals surface area contributed by atoms with E-state index in [2.05, 4.69) is 134 Å².